The molecule has 0 heterocycles. The highest BCUT2D eigenvalue weighted by molar-refractivity contribution is 9.09. The van der Waals surface area contributed by atoms with Crippen molar-refractivity contribution in [3.05, 3.63) is 34.3 Å². The van der Waals surface area contributed by atoms with E-state index in [4.69, 9.17) is 11.6 Å². The van der Waals surface area contributed by atoms with Gasteiger partial charge in [-0.2, -0.15) is 13.2 Å². The van der Waals surface area contributed by atoms with Gasteiger partial charge < -0.3 is 0 Å². The molecule has 82 valence electrons. The summed E-state index contributed by atoms with van der Waals surface area (Å²) >= 11 is 8.37. The van der Waals surface area contributed by atoms with Gasteiger partial charge in [-0.3, -0.25) is 4.79 Å². The second kappa shape index (κ2) is 4.53. The number of carbonyl (C=O) groups excluding carboxylic acids is 1. The predicted molar refractivity (Wildman–Crippen MR) is 54.6 cm³/mol. The Bertz CT molecular complexity index is 389. The first-order valence-electron chi connectivity index (χ1n) is 3.81. The van der Waals surface area contributed by atoms with Gasteiger partial charge in [-0.05, 0) is 18.2 Å². The van der Waals surface area contributed by atoms with Crippen LogP contribution in [-0.2, 0) is 6.18 Å². The summed E-state index contributed by atoms with van der Waals surface area (Å²) in [5.41, 5.74) is -0.967. The molecule has 6 heteroatoms. The van der Waals surface area contributed by atoms with Crippen molar-refractivity contribution in [3.63, 3.8) is 0 Å². The minimum Gasteiger partial charge on any atom is -0.293 e. The van der Waals surface area contributed by atoms with E-state index in [0.717, 1.165) is 12.1 Å². The number of benzene rings is 1. The Morgan fingerprint density at radius 1 is 1.33 bits per heavy atom. The zero-order valence-corrected chi connectivity index (χ0v) is 9.58. The van der Waals surface area contributed by atoms with E-state index in [-0.39, 0.29) is 15.9 Å². The van der Waals surface area contributed by atoms with Gasteiger partial charge in [-0.15, -0.1) is 0 Å². The van der Waals surface area contributed by atoms with E-state index >= 15 is 0 Å². The molecule has 0 aliphatic carbocycles. The van der Waals surface area contributed by atoms with Crippen molar-refractivity contribution in [2.75, 3.05) is 5.33 Å². The average Bonchev–Trinajstić information content (AvgIpc) is 2.14. The largest absolute Gasteiger partial charge is 0.416 e. The van der Waals surface area contributed by atoms with Gasteiger partial charge in [0.05, 0.1) is 10.9 Å². The number of hydrogen-bond donors (Lipinski definition) is 0. The SMILES string of the molecule is O=C(CBr)c1cc(Cl)cc(C(F)(F)F)c1. The molecule has 0 radical (unpaired) electrons. The Morgan fingerprint density at radius 2 is 1.93 bits per heavy atom. The van der Waals surface area contributed by atoms with Gasteiger partial charge >= 0.3 is 6.18 Å². The molecule has 0 unspecified atom stereocenters. The normalized spacial score (nSPS) is 11.5. The zero-order chi connectivity index (χ0) is 11.6. The van der Waals surface area contributed by atoms with Gasteiger partial charge in [-0.25, -0.2) is 0 Å². The van der Waals surface area contributed by atoms with E-state index in [1.165, 1.54) is 6.07 Å². The van der Waals surface area contributed by atoms with Crippen LogP contribution < -0.4 is 0 Å². The summed E-state index contributed by atoms with van der Waals surface area (Å²) in [6, 6.07) is 2.78. The lowest BCUT2D eigenvalue weighted by Crippen LogP contribution is -2.08. The number of halogens is 5. The van der Waals surface area contributed by atoms with Crippen LogP contribution in [0, 0.1) is 0 Å². The van der Waals surface area contributed by atoms with Crippen LogP contribution in [0.15, 0.2) is 18.2 Å². The predicted octanol–water partition coefficient (Wildman–Crippen LogP) is 3.94. The van der Waals surface area contributed by atoms with E-state index < -0.39 is 17.5 Å². The number of rotatable bonds is 2. The van der Waals surface area contributed by atoms with Gasteiger partial charge in [0, 0.05) is 10.6 Å². The van der Waals surface area contributed by atoms with E-state index in [0.29, 0.717) is 0 Å². The van der Waals surface area contributed by atoms with Crippen LogP contribution in [-0.4, -0.2) is 11.1 Å². The molecule has 0 aliphatic heterocycles. The molecule has 0 saturated carbocycles. The van der Waals surface area contributed by atoms with Crippen molar-refractivity contribution in [3.8, 4) is 0 Å². The van der Waals surface area contributed by atoms with Crippen LogP contribution in [0.4, 0.5) is 13.2 Å². The van der Waals surface area contributed by atoms with E-state index in [1.54, 1.807) is 0 Å². The molecule has 0 aliphatic rings. The fourth-order valence-electron chi connectivity index (χ4n) is 0.991. The van der Waals surface area contributed by atoms with Crippen molar-refractivity contribution >= 4 is 33.3 Å². The Balaban J connectivity index is 3.23. The molecule has 0 amide bonds. The second-order valence-electron chi connectivity index (χ2n) is 2.78. The summed E-state index contributed by atoms with van der Waals surface area (Å²) in [6.07, 6.45) is -4.49. The van der Waals surface area contributed by atoms with E-state index in [9.17, 15) is 18.0 Å². The molecule has 0 bridgehead atoms. The lowest BCUT2D eigenvalue weighted by atomic mass is 10.1. The van der Waals surface area contributed by atoms with Crippen LogP contribution in [0.25, 0.3) is 0 Å². The van der Waals surface area contributed by atoms with Gasteiger partial charge in [0.1, 0.15) is 0 Å². The van der Waals surface area contributed by atoms with Crippen molar-refractivity contribution < 1.29 is 18.0 Å². The summed E-state index contributed by atoms with van der Waals surface area (Å²) in [5.74, 6) is -0.442. The molecule has 1 aromatic rings. The Morgan fingerprint density at radius 3 is 2.40 bits per heavy atom. The van der Waals surface area contributed by atoms with Crippen LogP contribution >= 0.6 is 27.5 Å². The maximum Gasteiger partial charge on any atom is 0.416 e. The Labute approximate surface area is 97.4 Å². The number of hydrogen-bond acceptors (Lipinski definition) is 1. The fourth-order valence-corrected chi connectivity index (χ4v) is 1.55. The molecule has 0 fully saturated rings. The first-order chi connectivity index (χ1) is 6.84. The third kappa shape index (κ3) is 3.21. The van der Waals surface area contributed by atoms with Crippen molar-refractivity contribution in [1.29, 1.82) is 0 Å². The van der Waals surface area contributed by atoms with Crippen LogP contribution in [0.5, 0.6) is 0 Å². The van der Waals surface area contributed by atoms with Crippen LogP contribution in [0.3, 0.4) is 0 Å². The standard InChI is InChI=1S/C9H5BrClF3O/c10-4-8(15)5-1-6(9(12,13)14)3-7(11)2-5/h1-3H,4H2. The molecular formula is C9H5BrClF3O. The Hall–Kier alpha value is -0.550. The molecule has 1 nitrogen and oxygen atoms in total. The van der Waals surface area contributed by atoms with E-state index in [1.807, 2.05) is 0 Å². The molecular weight excluding hydrogens is 296 g/mol. The third-order valence-corrected chi connectivity index (χ3v) is 2.40. The van der Waals surface area contributed by atoms with E-state index in [2.05, 4.69) is 15.9 Å². The van der Waals surface area contributed by atoms with Gasteiger partial charge in [-0.1, -0.05) is 27.5 Å². The fraction of sp³-hybridized carbons (Fsp3) is 0.222. The minimum absolute atomic E-state index is 0.0371. The summed E-state index contributed by atoms with van der Waals surface area (Å²) in [4.78, 5) is 11.2. The highest BCUT2D eigenvalue weighted by atomic mass is 79.9. The molecule has 0 atom stereocenters. The lowest BCUT2D eigenvalue weighted by Gasteiger charge is -2.08. The van der Waals surface area contributed by atoms with Crippen molar-refractivity contribution in [2.24, 2.45) is 0 Å². The molecule has 15 heavy (non-hydrogen) atoms. The summed E-state index contributed by atoms with van der Waals surface area (Å²) in [7, 11) is 0. The molecule has 0 aromatic heterocycles. The molecule has 0 saturated heterocycles. The summed E-state index contributed by atoms with van der Waals surface area (Å²) < 4.78 is 37.0. The minimum atomic E-state index is -4.49. The maximum absolute atomic E-state index is 12.3. The number of ketones is 1. The quantitative estimate of drug-likeness (QED) is 0.597. The summed E-state index contributed by atoms with van der Waals surface area (Å²) in [5, 5.41) is -0.140. The monoisotopic (exact) mass is 300 g/mol. The first-order valence-corrected chi connectivity index (χ1v) is 5.31. The highest BCUT2D eigenvalue weighted by Crippen LogP contribution is 2.32. The maximum atomic E-state index is 12.3. The van der Waals surface area contributed by atoms with Crippen LogP contribution in [0.1, 0.15) is 15.9 Å². The molecule has 0 spiro atoms. The number of carbonyl (C=O) groups is 1. The first kappa shape index (κ1) is 12.5. The lowest BCUT2D eigenvalue weighted by molar-refractivity contribution is -0.137. The zero-order valence-electron chi connectivity index (χ0n) is 7.24. The Kier molecular flexibility index (Phi) is 3.78. The average molecular weight is 301 g/mol. The smallest absolute Gasteiger partial charge is 0.293 e. The number of Topliss-reactive ketones (excluding diaryl/α,β-unsaturated/α-hetero) is 1. The topological polar surface area (TPSA) is 17.1 Å². The second-order valence-corrected chi connectivity index (χ2v) is 3.78. The van der Waals surface area contributed by atoms with Gasteiger partial charge in [0.2, 0.25) is 0 Å². The molecule has 1 rings (SSSR count). The van der Waals surface area contributed by atoms with Crippen molar-refractivity contribution in [1.82, 2.24) is 0 Å². The highest BCUT2D eigenvalue weighted by Gasteiger charge is 2.31. The van der Waals surface area contributed by atoms with Crippen LogP contribution in [0.2, 0.25) is 5.02 Å². The third-order valence-electron chi connectivity index (χ3n) is 1.67. The molecule has 1 aromatic carbocycles. The summed E-state index contributed by atoms with van der Waals surface area (Å²) in [6.45, 7) is 0. The van der Waals surface area contributed by atoms with Crippen molar-refractivity contribution in [2.45, 2.75) is 6.18 Å². The number of alkyl halides is 4. The van der Waals surface area contributed by atoms with Gasteiger partial charge in [0.25, 0.3) is 0 Å². The molecule has 0 N–H and O–H groups in total. The van der Waals surface area contributed by atoms with Gasteiger partial charge in [0.15, 0.2) is 5.78 Å².